The van der Waals surface area contributed by atoms with Crippen molar-refractivity contribution in [3.8, 4) is 0 Å². The lowest BCUT2D eigenvalue weighted by Crippen LogP contribution is -1.44. The standard InChI is InChI=1S/C6H5NO/c1-2-8-6-4-7-3-5(1)6/h1-4,7H. The maximum absolute atomic E-state index is 5.03. The van der Waals surface area contributed by atoms with Crippen LogP contribution in [0.1, 0.15) is 0 Å². The molecule has 40 valence electrons. The summed E-state index contributed by atoms with van der Waals surface area (Å²) in [4.78, 5) is 2.92. The Morgan fingerprint density at radius 3 is 3.25 bits per heavy atom. The van der Waals surface area contributed by atoms with Crippen LogP contribution in [0.4, 0.5) is 0 Å². The van der Waals surface area contributed by atoms with Crippen LogP contribution in [-0.4, -0.2) is 4.98 Å². The molecule has 0 unspecified atom stereocenters. The Kier molecular flexibility index (Phi) is 0.545. The maximum atomic E-state index is 5.03. The van der Waals surface area contributed by atoms with Crippen molar-refractivity contribution in [1.82, 2.24) is 4.98 Å². The first-order valence-corrected chi connectivity index (χ1v) is 2.47. The van der Waals surface area contributed by atoms with E-state index in [0.29, 0.717) is 0 Å². The summed E-state index contributed by atoms with van der Waals surface area (Å²) in [7, 11) is 0. The van der Waals surface area contributed by atoms with Gasteiger partial charge in [-0.15, -0.1) is 0 Å². The molecule has 0 aliphatic carbocycles. The summed E-state index contributed by atoms with van der Waals surface area (Å²) in [5.74, 6) is 0. The summed E-state index contributed by atoms with van der Waals surface area (Å²) < 4.78 is 5.03. The second-order valence-electron chi connectivity index (χ2n) is 1.70. The molecule has 0 aromatic carbocycles. The molecule has 0 amide bonds. The third kappa shape index (κ3) is 0.320. The molecule has 2 aromatic heterocycles. The highest BCUT2D eigenvalue weighted by molar-refractivity contribution is 5.75. The van der Waals surface area contributed by atoms with Gasteiger partial charge in [0.15, 0.2) is 5.58 Å². The Hall–Kier alpha value is -1.18. The van der Waals surface area contributed by atoms with Gasteiger partial charge in [-0.1, -0.05) is 0 Å². The summed E-state index contributed by atoms with van der Waals surface area (Å²) >= 11 is 0. The number of hydrogen-bond acceptors (Lipinski definition) is 1. The topological polar surface area (TPSA) is 28.9 Å². The van der Waals surface area contributed by atoms with Crippen LogP contribution in [0.3, 0.4) is 0 Å². The lowest BCUT2D eigenvalue weighted by Gasteiger charge is -1.65. The zero-order chi connectivity index (χ0) is 5.40. The number of aromatic nitrogens is 1. The van der Waals surface area contributed by atoms with Crippen LogP contribution in [0.25, 0.3) is 11.0 Å². The predicted octanol–water partition coefficient (Wildman–Crippen LogP) is 1.76. The molecule has 2 heterocycles. The van der Waals surface area contributed by atoms with Crippen LogP contribution in [0.5, 0.6) is 0 Å². The van der Waals surface area contributed by atoms with Gasteiger partial charge in [0, 0.05) is 17.8 Å². The van der Waals surface area contributed by atoms with Gasteiger partial charge in [0.05, 0.1) is 6.26 Å². The van der Waals surface area contributed by atoms with Gasteiger partial charge in [0.2, 0.25) is 0 Å². The van der Waals surface area contributed by atoms with Gasteiger partial charge in [-0.25, -0.2) is 0 Å². The first-order valence-electron chi connectivity index (χ1n) is 2.47. The van der Waals surface area contributed by atoms with Crippen LogP contribution >= 0.6 is 0 Å². The van der Waals surface area contributed by atoms with Crippen molar-refractivity contribution in [2.45, 2.75) is 0 Å². The highest BCUT2D eigenvalue weighted by Gasteiger charge is 1.91. The van der Waals surface area contributed by atoms with Gasteiger partial charge in [-0.3, -0.25) is 0 Å². The molecule has 0 spiro atoms. The van der Waals surface area contributed by atoms with Crippen molar-refractivity contribution < 1.29 is 4.42 Å². The second-order valence-corrected chi connectivity index (χ2v) is 1.70. The number of hydrogen-bond donors (Lipinski definition) is 1. The molecular weight excluding hydrogens is 102 g/mol. The van der Waals surface area contributed by atoms with Gasteiger partial charge in [0.25, 0.3) is 0 Å². The molecule has 0 bridgehead atoms. The fourth-order valence-corrected chi connectivity index (χ4v) is 0.775. The largest absolute Gasteiger partial charge is 0.463 e. The van der Waals surface area contributed by atoms with E-state index in [1.807, 2.05) is 18.5 Å². The Labute approximate surface area is 46.1 Å². The molecular formula is C6H5NO. The summed E-state index contributed by atoms with van der Waals surface area (Å²) in [6.07, 6.45) is 5.41. The van der Waals surface area contributed by atoms with E-state index in [-0.39, 0.29) is 0 Å². The zero-order valence-corrected chi connectivity index (χ0v) is 4.22. The number of rotatable bonds is 0. The molecule has 2 heteroatoms. The highest BCUT2D eigenvalue weighted by Crippen LogP contribution is 2.11. The minimum absolute atomic E-state index is 0.921. The number of nitrogens with one attached hydrogen (secondary N) is 1. The highest BCUT2D eigenvalue weighted by atomic mass is 16.3. The first-order chi connectivity index (χ1) is 3.97. The average Bonchev–Trinajstić information content (AvgIpc) is 2.15. The third-order valence-electron chi connectivity index (χ3n) is 1.18. The maximum Gasteiger partial charge on any atom is 0.151 e. The fraction of sp³-hybridized carbons (Fsp3) is 0. The molecule has 0 radical (unpaired) electrons. The van der Waals surface area contributed by atoms with Gasteiger partial charge in [-0.2, -0.15) is 0 Å². The van der Waals surface area contributed by atoms with Crippen LogP contribution in [0.15, 0.2) is 29.1 Å². The van der Waals surface area contributed by atoms with Gasteiger partial charge in [-0.05, 0) is 6.07 Å². The normalized spacial score (nSPS) is 10.5. The van der Waals surface area contributed by atoms with Crippen LogP contribution in [-0.2, 0) is 0 Å². The quantitative estimate of drug-likeness (QED) is 0.546. The SMILES string of the molecule is c1cc2c[nH]cc2o1. The second kappa shape index (κ2) is 1.15. The van der Waals surface area contributed by atoms with Crippen molar-refractivity contribution in [3.63, 3.8) is 0 Å². The fourth-order valence-electron chi connectivity index (χ4n) is 0.775. The lowest BCUT2D eigenvalue weighted by molar-refractivity contribution is 0.615. The molecule has 0 fully saturated rings. The zero-order valence-electron chi connectivity index (χ0n) is 4.22. The monoisotopic (exact) mass is 107 g/mol. The molecule has 0 saturated heterocycles. The third-order valence-corrected chi connectivity index (χ3v) is 1.18. The summed E-state index contributed by atoms with van der Waals surface area (Å²) in [5.41, 5.74) is 0.921. The van der Waals surface area contributed by atoms with Gasteiger partial charge < -0.3 is 9.40 Å². The summed E-state index contributed by atoms with van der Waals surface area (Å²) in [6.45, 7) is 0. The molecule has 0 atom stereocenters. The van der Waals surface area contributed by atoms with Gasteiger partial charge in [0.1, 0.15) is 0 Å². The van der Waals surface area contributed by atoms with E-state index in [4.69, 9.17) is 4.42 Å². The van der Waals surface area contributed by atoms with E-state index in [9.17, 15) is 0 Å². The van der Waals surface area contributed by atoms with E-state index < -0.39 is 0 Å². The first kappa shape index (κ1) is 3.78. The van der Waals surface area contributed by atoms with Crippen molar-refractivity contribution in [2.24, 2.45) is 0 Å². The van der Waals surface area contributed by atoms with Crippen LogP contribution in [0.2, 0.25) is 0 Å². The van der Waals surface area contributed by atoms with Crippen molar-refractivity contribution in [2.75, 3.05) is 0 Å². The Morgan fingerprint density at radius 1 is 1.38 bits per heavy atom. The average molecular weight is 107 g/mol. The minimum Gasteiger partial charge on any atom is -0.463 e. The molecule has 0 saturated carbocycles. The molecule has 0 aliphatic heterocycles. The van der Waals surface area contributed by atoms with Crippen molar-refractivity contribution >= 4 is 11.0 Å². The lowest BCUT2D eigenvalue weighted by atomic mass is 10.4. The Balaban J connectivity index is 3.06. The van der Waals surface area contributed by atoms with Crippen LogP contribution in [0, 0.1) is 0 Å². The van der Waals surface area contributed by atoms with Crippen LogP contribution < -0.4 is 0 Å². The minimum atomic E-state index is 0.921. The Morgan fingerprint density at radius 2 is 2.38 bits per heavy atom. The molecule has 2 rings (SSSR count). The van der Waals surface area contributed by atoms with E-state index in [2.05, 4.69) is 4.98 Å². The number of H-pyrrole nitrogens is 1. The van der Waals surface area contributed by atoms with Gasteiger partial charge >= 0.3 is 0 Å². The summed E-state index contributed by atoms with van der Waals surface area (Å²) in [5, 5.41) is 1.13. The van der Waals surface area contributed by atoms with E-state index in [1.54, 1.807) is 6.26 Å². The molecule has 2 nitrogen and oxygen atoms in total. The molecule has 8 heavy (non-hydrogen) atoms. The molecule has 2 aromatic rings. The smallest absolute Gasteiger partial charge is 0.151 e. The van der Waals surface area contributed by atoms with E-state index in [1.165, 1.54) is 0 Å². The molecule has 0 aliphatic rings. The van der Waals surface area contributed by atoms with Crippen molar-refractivity contribution in [3.05, 3.63) is 24.7 Å². The predicted molar refractivity (Wildman–Crippen MR) is 30.6 cm³/mol. The number of aromatic amines is 1. The molecule has 1 N–H and O–H groups in total. The Bertz CT molecular complexity index is 230. The number of furan rings is 1. The van der Waals surface area contributed by atoms with E-state index >= 15 is 0 Å². The van der Waals surface area contributed by atoms with Crippen molar-refractivity contribution in [1.29, 1.82) is 0 Å². The summed E-state index contributed by atoms with van der Waals surface area (Å²) in [6, 6.07) is 1.92. The van der Waals surface area contributed by atoms with E-state index in [0.717, 1.165) is 11.0 Å². The number of fused-ring (bicyclic) bond motifs is 1.